The van der Waals surface area contributed by atoms with Crippen molar-refractivity contribution in [3.63, 3.8) is 0 Å². The summed E-state index contributed by atoms with van der Waals surface area (Å²) in [6, 6.07) is 0.947. The molecule has 0 radical (unpaired) electrons. The molecular formula is C37H49N7O15. The molecule has 0 aliphatic carbocycles. The molecule has 0 heterocycles. The van der Waals surface area contributed by atoms with Crippen LogP contribution in [-0.2, 0) is 56.0 Å². The Balaban J connectivity index is 2.45. The number of rotatable bonds is 24. The minimum absolute atomic E-state index is 0.0998. The van der Waals surface area contributed by atoms with Gasteiger partial charge in [-0.15, -0.1) is 0 Å². The van der Waals surface area contributed by atoms with Crippen LogP contribution < -0.4 is 37.6 Å². The lowest BCUT2D eigenvalue weighted by atomic mass is 9.97. The monoisotopic (exact) mass is 831 g/mol. The number of aliphatic hydroxyl groups excluding tert-OH is 1. The van der Waals surface area contributed by atoms with Crippen molar-refractivity contribution in [2.24, 2.45) is 11.7 Å². The number of phenolic OH excluding ortho intramolecular Hbond substituents is 2. The van der Waals surface area contributed by atoms with E-state index in [9.17, 15) is 68.7 Å². The number of aliphatic carboxylic acids is 3. The number of carbonyl (C=O) groups excluding carboxylic acids is 6. The second-order valence-electron chi connectivity index (χ2n) is 13.5. The fourth-order valence-electron chi connectivity index (χ4n) is 5.33. The van der Waals surface area contributed by atoms with Crippen molar-refractivity contribution < 1.29 is 73.8 Å². The Bertz CT molecular complexity index is 1820. The second-order valence-corrected chi connectivity index (χ2v) is 13.5. The van der Waals surface area contributed by atoms with Crippen LogP contribution in [0.3, 0.4) is 0 Å². The van der Waals surface area contributed by atoms with E-state index >= 15 is 0 Å². The van der Waals surface area contributed by atoms with Crippen LogP contribution >= 0.6 is 0 Å². The van der Waals surface area contributed by atoms with Gasteiger partial charge in [-0.1, -0.05) is 44.5 Å². The normalized spacial score (nSPS) is 14.4. The summed E-state index contributed by atoms with van der Waals surface area (Å²) in [7, 11) is 0. The van der Waals surface area contributed by atoms with Crippen LogP contribution in [0.25, 0.3) is 0 Å². The van der Waals surface area contributed by atoms with E-state index in [4.69, 9.17) is 10.8 Å². The molecule has 322 valence electrons. The molecule has 0 saturated heterocycles. The molecule has 0 spiro atoms. The third-order valence-electron chi connectivity index (χ3n) is 8.78. The zero-order valence-electron chi connectivity index (χ0n) is 32.0. The summed E-state index contributed by atoms with van der Waals surface area (Å²) < 4.78 is 0. The molecule has 14 N–H and O–H groups in total. The van der Waals surface area contributed by atoms with Crippen LogP contribution in [0.4, 0.5) is 0 Å². The number of amides is 6. The molecule has 0 bridgehead atoms. The first kappa shape index (κ1) is 48.3. The molecule has 2 aromatic rings. The Labute approximate surface area is 336 Å². The van der Waals surface area contributed by atoms with Crippen molar-refractivity contribution >= 4 is 53.4 Å². The number of hydrogen-bond donors (Lipinski definition) is 13. The number of hydrogen-bond acceptors (Lipinski definition) is 13. The van der Waals surface area contributed by atoms with Gasteiger partial charge in [-0.05, 0) is 41.3 Å². The van der Waals surface area contributed by atoms with E-state index in [1.54, 1.807) is 6.92 Å². The summed E-state index contributed by atoms with van der Waals surface area (Å²) in [6.07, 6.45) is -2.48. The highest BCUT2D eigenvalue weighted by molar-refractivity contribution is 5.99. The Kier molecular flexibility index (Phi) is 19.2. The van der Waals surface area contributed by atoms with Crippen LogP contribution in [-0.4, -0.2) is 133 Å². The summed E-state index contributed by atoms with van der Waals surface area (Å²) in [5, 5.41) is 70.5. The predicted molar refractivity (Wildman–Crippen MR) is 203 cm³/mol. The maximum atomic E-state index is 13.9. The number of carboxylic acids is 3. The van der Waals surface area contributed by atoms with Gasteiger partial charge in [0.15, 0.2) is 0 Å². The van der Waals surface area contributed by atoms with Gasteiger partial charge in [-0.2, -0.15) is 0 Å². The van der Waals surface area contributed by atoms with Gasteiger partial charge in [0.05, 0.1) is 19.4 Å². The molecular weight excluding hydrogens is 782 g/mol. The first-order chi connectivity index (χ1) is 27.7. The van der Waals surface area contributed by atoms with Crippen molar-refractivity contribution in [3.05, 3.63) is 59.7 Å². The minimum Gasteiger partial charge on any atom is -0.508 e. The van der Waals surface area contributed by atoms with Gasteiger partial charge < -0.3 is 68.3 Å². The SMILES string of the molecule is CC[C@H](C)[C@H](NC(=O)[C@H](CC(=O)O)NC(=O)[C@H](CC(=O)O)NC(=O)[C@H](Cc1ccc(O)cc1)NC(=O)[C@H](Cc1ccc(O)cc1)NC(=O)[C@@H](N)CO)C(=O)NCC(=O)O. The molecule has 22 heteroatoms. The lowest BCUT2D eigenvalue weighted by molar-refractivity contribution is -0.144. The summed E-state index contributed by atoms with van der Waals surface area (Å²) in [4.78, 5) is 115. The van der Waals surface area contributed by atoms with Gasteiger partial charge in [0.25, 0.3) is 0 Å². The highest BCUT2D eigenvalue weighted by atomic mass is 16.4. The summed E-state index contributed by atoms with van der Waals surface area (Å²) in [5.74, 6) is -12.1. The number of carbonyl (C=O) groups is 9. The fraction of sp³-hybridized carbons (Fsp3) is 0.432. The fourth-order valence-corrected chi connectivity index (χ4v) is 5.33. The van der Waals surface area contributed by atoms with Crippen LogP contribution in [0.5, 0.6) is 11.5 Å². The van der Waals surface area contributed by atoms with E-state index < -0.39 is 122 Å². The molecule has 22 nitrogen and oxygen atoms in total. The highest BCUT2D eigenvalue weighted by Crippen LogP contribution is 2.15. The predicted octanol–water partition coefficient (Wildman–Crippen LogP) is -3.18. The number of nitrogens with one attached hydrogen (secondary N) is 6. The van der Waals surface area contributed by atoms with E-state index in [-0.39, 0.29) is 30.8 Å². The summed E-state index contributed by atoms with van der Waals surface area (Å²) in [6.45, 7) is 1.61. The van der Waals surface area contributed by atoms with Gasteiger partial charge in [-0.3, -0.25) is 43.2 Å². The topological polar surface area (TPSA) is 373 Å². The maximum Gasteiger partial charge on any atom is 0.322 e. The standard InChI is InChI=1S/C37H49N7O15/c1-3-18(2)31(37(59)39-16-30(52)53)44-36(58)27(15-29(50)51)43-35(57)26(14-28(48)49)42-34(56)25(13-20-6-10-22(47)11-7-20)41-33(55)24(40-32(54)23(38)17-45)12-19-4-8-21(46)9-5-19/h4-11,18,23-27,31,45-47H,3,12-17,38H2,1-2H3,(H,39,59)(H,40,54)(H,41,55)(H,42,56)(H,43,57)(H,44,58)(H,48,49)(H,50,51)(H,52,53)/t18-,23-,24-,25-,26-,27-,31-/m0/s1. The molecule has 2 rings (SSSR count). The van der Waals surface area contributed by atoms with E-state index in [1.807, 2.05) is 0 Å². The molecule has 0 fully saturated rings. The van der Waals surface area contributed by atoms with Crippen molar-refractivity contribution in [2.45, 2.75) is 82.2 Å². The average Bonchev–Trinajstić information content (AvgIpc) is 3.18. The van der Waals surface area contributed by atoms with Gasteiger partial charge in [0.1, 0.15) is 54.3 Å². The molecule has 2 aromatic carbocycles. The minimum atomic E-state index is -2.01. The smallest absolute Gasteiger partial charge is 0.322 e. The van der Waals surface area contributed by atoms with Crippen LogP contribution in [0, 0.1) is 5.92 Å². The summed E-state index contributed by atoms with van der Waals surface area (Å²) in [5.41, 5.74) is 6.40. The number of aliphatic hydroxyl groups is 1. The van der Waals surface area contributed by atoms with Crippen LogP contribution in [0.15, 0.2) is 48.5 Å². The van der Waals surface area contributed by atoms with E-state index in [2.05, 4.69) is 31.9 Å². The first-order valence-corrected chi connectivity index (χ1v) is 18.1. The van der Waals surface area contributed by atoms with E-state index in [0.29, 0.717) is 11.1 Å². The number of aromatic hydroxyl groups is 2. The first-order valence-electron chi connectivity index (χ1n) is 18.1. The maximum absolute atomic E-state index is 13.9. The molecule has 59 heavy (non-hydrogen) atoms. The molecule has 0 aliphatic heterocycles. The zero-order valence-corrected chi connectivity index (χ0v) is 32.0. The Morgan fingerprint density at radius 1 is 0.559 bits per heavy atom. The molecule has 0 saturated carbocycles. The van der Waals surface area contributed by atoms with E-state index in [1.165, 1.54) is 55.5 Å². The quantitative estimate of drug-likeness (QED) is 0.0496. The lowest BCUT2D eigenvalue weighted by Gasteiger charge is -2.28. The third kappa shape index (κ3) is 16.7. The van der Waals surface area contributed by atoms with Gasteiger partial charge in [-0.25, -0.2) is 0 Å². The Morgan fingerprint density at radius 2 is 0.932 bits per heavy atom. The molecule has 0 aliphatic rings. The van der Waals surface area contributed by atoms with Crippen LogP contribution in [0.2, 0.25) is 0 Å². The van der Waals surface area contributed by atoms with Gasteiger partial charge in [0, 0.05) is 12.8 Å². The van der Waals surface area contributed by atoms with Crippen molar-refractivity contribution in [2.75, 3.05) is 13.2 Å². The lowest BCUT2D eigenvalue weighted by Crippen LogP contribution is -2.61. The average molecular weight is 832 g/mol. The van der Waals surface area contributed by atoms with Gasteiger partial charge in [0.2, 0.25) is 35.4 Å². The largest absolute Gasteiger partial charge is 0.508 e. The van der Waals surface area contributed by atoms with Crippen molar-refractivity contribution in [1.29, 1.82) is 0 Å². The third-order valence-corrected chi connectivity index (χ3v) is 8.78. The van der Waals surface area contributed by atoms with Crippen LogP contribution in [0.1, 0.15) is 44.2 Å². The van der Waals surface area contributed by atoms with Gasteiger partial charge >= 0.3 is 17.9 Å². The Hall–Kier alpha value is -6.81. The number of carboxylic acid groups (broad SMARTS) is 3. The molecule has 0 aromatic heterocycles. The molecule has 0 unspecified atom stereocenters. The number of nitrogens with two attached hydrogens (primary N) is 1. The highest BCUT2D eigenvalue weighted by Gasteiger charge is 2.35. The molecule has 6 amide bonds. The number of benzene rings is 2. The van der Waals surface area contributed by atoms with E-state index in [0.717, 1.165) is 0 Å². The summed E-state index contributed by atoms with van der Waals surface area (Å²) >= 11 is 0. The zero-order chi connectivity index (χ0) is 44.4. The molecule has 7 atom stereocenters. The number of phenols is 2. The Morgan fingerprint density at radius 3 is 1.31 bits per heavy atom. The van der Waals surface area contributed by atoms with Crippen molar-refractivity contribution in [3.8, 4) is 11.5 Å². The van der Waals surface area contributed by atoms with Crippen molar-refractivity contribution in [1.82, 2.24) is 31.9 Å². The second kappa shape index (κ2) is 23.4.